The summed E-state index contributed by atoms with van der Waals surface area (Å²) in [6.07, 6.45) is 0. The van der Waals surface area contributed by atoms with Crippen LogP contribution in [0.4, 0.5) is 4.39 Å². The number of aliphatic hydroxyl groups is 1. The zero-order chi connectivity index (χ0) is 16.5. The first kappa shape index (κ1) is 16.5. The van der Waals surface area contributed by atoms with Crippen LogP contribution in [0.15, 0.2) is 28.7 Å². The van der Waals surface area contributed by atoms with E-state index in [1.165, 1.54) is 6.07 Å². The Labute approximate surface area is 132 Å². The molecule has 0 aliphatic rings. The van der Waals surface area contributed by atoms with Crippen molar-refractivity contribution < 1.29 is 18.7 Å². The van der Waals surface area contributed by atoms with E-state index in [1.807, 2.05) is 0 Å². The van der Waals surface area contributed by atoms with Crippen molar-refractivity contribution in [1.29, 1.82) is 0 Å². The Morgan fingerprint density at radius 2 is 2.09 bits per heavy atom. The maximum Gasteiger partial charge on any atom is 0.252 e. The predicted octanol–water partition coefficient (Wildman–Crippen LogP) is 3.33. The molecule has 4 nitrogen and oxygen atoms in total. The number of aryl methyl sites for hydroxylation is 2. The molecule has 2 rings (SSSR count). The van der Waals surface area contributed by atoms with Crippen molar-refractivity contribution in [3.05, 3.63) is 57.8 Å². The van der Waals surface area contributed by atoms with Gasteiger partial charge >= 0.3 is 0 Å². The quantitative estimate of drug-likeness (QED) is 0.906. The normalized spacial score (nSPS) is 13.7. The SMILES string of the molecule is Cc1cc(C(C)(O)CNC(=O)c2ccc(F)cc2Cl)c(C)o1. The molecule has 1 atom stereocenters. The van der Waals surface area contributed by atoms with E-state index in [0.717, 1.165) is 12.1 Å². The summed E-state index contributed by atoms with van der Waals surface area (Å²) in [6.45, 7) is 5.08. The van der Waals surface area contributed by atoms with Crippen molar-refractivity contribution in [2.24, 2.45) is 0 Å². The van der Waals surface area contributed by atoms with Gasteiger partial charge in [-0.3, -0.25) is 4.79 Å². The van der Waals surface area contributed by atoms with Gasteiger partial charge in [-0.15, -0.1) is 0 Å². The average molecular weight is 326 g/mol. The fourth-order valence-corrected chi connectivity index (χ4v) is 2.54. The van der Waals surface area contributed by atoms with Crippen molar-refractivity contribution in [3.8, 4) is 0 Å². The van der Waals surface area contributed by atoms with Gasteiger partial charge in [0, 0.05) is 5.56 Å². The van der Waals surface area contributed by atoms with Gasteiger partial charge in [-0.25, -0.2) is 4.39 Å². The minimum atomic E-state index is -1.29. The Kier molecular flexibility index (Phi) is 4.58. The molecule has 1 heterocycles. The topological polar surface area (TPSA) is 62.5 Å². The van der Waals surface area contributed by atoms with E-state index in [0.29, 0.717) is 17.1 Å². The summed E-state index contributed by atoms with van der Waals surface area (Å²) in [5.41, 5.74) is -0.529. The molecule has 1 amide bonds. The zero-order valence-electron chi connectivity index (χ0n) is 12.5. The van der Waals surface area contributed by atoms with Crippen molar-refractivity contribution in [1.82, 2.24) is 5.32 Å². The van der Waals surface area contributed by atoms with Crippen LogP contribution in [0.1, 0.15) is 34.4 Å². The Morgan fingerprint density at radius 3 is 2.64 bits per heavy atom. The van der Waals surface area contributed by atoms with Gasteiger partial charge in [0.05, 0.1) is 17.1 Å². The molecule has 0 saturated heterocycles. The van der Waals surface area contributed by atoms with Gasteiger partial charge in [0.25, 0.3) is 5.91 Å². The third kappa shape index (κ3) is 3.48. The van der Waals surface area contributed by atoms with Crippen molar-refractivity contribution in [3.63, 3.8) is 0 Å². The van der Waals surface area contributed by atoms with Gasteiger partial charge in [-0.2, -0.15) is 0 Å². The molecule has 0 aliphatic heterocycles. The third-order valence-electron chi connectivity index (χ3n) is 3.39. The highest BCUT2D eigenvalue weighted by Gasteiger charge is 2.28. The summed E-state index contributed by atoms with van der Waals surface area (Å²) in [6, 6.07) is 5.25. The van der Waals surface area contributed by atoms with Crippen LogP contribution >= 0.6 is 11.6 Å². The summed E-state index contributed by atoms with van der Waals surface area (Å²) in [5.74, 6) is 0.276. The minimum absolute atomic E-state index is 0.0208. The Balaban J connectivity index is 2.11. The highest BCUT2D eigenvalue weighted by Crippen LogP contribution is 2.26. The number of amides is 1. The summed E-state index contributed by atoms with van der Waals surface area (Å²) in [5, 5.41) is 13.1. The summed E-state index contributed by atoms with van der Waals surface area (Å²) in [4.78, 5) is 12.1. The molecule has 2 aromatic rings. The molecule has 22 heavy (non-hydrogen) atoms. The molecule has 0 fully saturated rings. The highest BCUT2D eigenvalue weighted by molar-refractivity contribution is 6.33. The molecule has 118 valence electrons. The van der Waals surface area contributed by atoms with E-state index in [9.17, 15) is 14.3 Å². The van der Waals surface area contributed by atoms with Gasteiger partial charge < -0.3 is 14.8 Å². The average Bonchev–Trinajstić information content (AvgIpc) is 2.76. The number of hydrogen-bond donors (Lipinski definition) is 2. The van der Waals surface area contributed by atoms with Crippen LogP contribution in [0, 0.1) is 19.7 Å². The molecule has 6 heteroatoms. The van der Waals surface area contributed by atoms with Gasteiger partial charge in [0.1, 0.15) is 22.9 Å². The molecule has 0 spiro atoms. The lowest BCUT2D eigenvalue weighted by Crippen LogP contribution is -2.38. The molecule has 1 aromatic heterocycles. The van der Waals surface area contributed by atoms with Crippen molar-refractivity contribution in [2.75, 3.05) is 6.54 Å². The number of halogens is 2. The number of furan rings is 1. The fraction of sp³-hybridized carbons (Fsp3) is 0.312. The Hall–Kier alpha value is -1.85. The van der Waals surface area contributed by atoms with Gasteiger partial charge in [-0.05, 0) is 45.0 Å². The number of hydrogen-bond acceptors (Lipinski definition) is 3. The molecule has 0 bridgehead atoms. The number of carbonyl (C=O) groups excluding carboxylic acids is 1. The predicted molar refractivity (Wildman–Crippen MR) is 81.5 cm³/mol. The van der Waals surface area contributed by atoms with Crippen LogP contribution in [0.3, 0.4) is 0 Å². The first-order chi connectivity index (χ1) is 10.2. The molecule has 1 aromatic carbocycles. The molecule has 2 N–H and O–H groups in total. The number of nitrogens with one attached hydrogen (secondary N) is 1. The summed E-state index contributed by atoms with van der Waals surface area (Å²) < 4.78 is 18.4. The number of benzene rings is 1. The lowest BCUT2D eigenvalue weighted by molar-refractivity contribution is 0.0514. The van der Waals surface area contributed by atoms with E-state index < -0.39 is 17.3 Å². The first-order valence-corrected chi connectivity index (χ1v) is 7.11. The Morgan fingerprint density at radius 1 is 1.41 bits per heavy atom. The zero-order valence-corrected chi connectivity index (χ0v) is 13.3. The minimum Gasteiger partial charge on any atom is -0.466 e. The molecular formula is C16H17ClFNO3. The van der Waals surface area contributed by atoms with E-state index in [1.54, 1.807) is 26.8 Å². The molecular weight excluding hydrogens is 309 g/mol. The van der Waals surface area contributed by atoms with Crippen molar-refractivity contribution in [2.45, 2.75) is 26.4 Å². The first-order valence-electron chi connectivity index (χ1n) is 6.74. The third-order valence-corrected chi connectivity index (χ3v) is 3.70. The smallest absolute Gasteiger partial charge is 0.252 e. The molecule has 0 saturated carbocycles. The molecule has 0 aliphatic carbocycles. The standard InChI is InChI=1S/C16H17ClFNO3/c1-9-6-13(10(2)22-9)16(3,21)8-19-15(20)12-5-4-11(18)7-14(12)17/h4-7,21H,8H2,1-3H3,(H,19,20). The van der Waals surface area contributed by atoms with Gasteiger partial charge in [0.2, 0.25) is 0 Å². The highest BCUT2D eigenvalue weighted by atomic mass is 35.5. The second-order valence-electron chi connectivity index (χ2n) is 5.41. The molecule has 0 radical (unpaired) electrons. The van der Waals surface area contributed by atoms with Gasteiger partial charge in [-0.1, -0.05) is 11.6 Å². The second kappa shape index (κ2) is 6.10. The summed E-state index contributed by atoms with van der Waals surface area (Å²) in [7, 11) is 0. The fourth-order valence-electron chi connectivity index (χ4n) is 2.28. The van der Waals surface area contributed by atoms with Gasteiger partial charge in [0.15, 0.2) is 0 Å². The van der Waals surface area contributed by atoms with E-state index in [4.69, 9.17) is 16.0 Å². The van der Waals surface area contributed by atoms with E-state index in [2.05, 4.69) is 5.32 Å². The largest absolute Gasteiger partial charge is 0.466 e. The van der Waals surface area contributed by atoms with Crippen LogP contribution in [0.25, 0.3) is 0 Å². The van der Waals surface area contributed by atoms with Crippen LogP contribution < -0.4 is 5.32 Å². The lowest BCUT2D eigenvalue weighted by atomic mass is 9.96. The lowest BCUT2D eigenvalue weighted by Gasteiger charge is -2.23. The van der Waals surface area contributed by atoms with E-state index in [-0.39, 0.29) is 17.1 Å². The Bertz CT molecular complexity index is 709. The monoisotopic (exact) mass is 325 g/mol. The van der Waals surface area contributed by atoms with Crippen LogP contribution in [0.2, 0.25) is 5.02 Å². The summed E-state index contributed by atoms with van der Waals surface area (Å²) >= 11 is 5.84. The number of carbonyl (C=O) groups is 1. The van der Waals surface area contributed by atoms with Crippen LogP contribution in [0.5, 0.6) is 0 Å². The maximum absolute atomic E-state index is 13.0. The molecule has 1 unspecified atom stereocenters. The van der Waals surface area contributed by atoms with Crippen LogP contribution in [-0.2, 0) is 5.60 Å². The maximum atomic E-state index is 13.0. The van der Waals surface area contributed by atoms with E-state index >= 15 is 0 Å². The van der Waals surface area contributed by atoms with Crippen molar-refractivity contribution >= 4 is 17.5 Å². The number of rotatable bonds is 4. The second-order valence-corrected chi connectivity index (χ2v) is 5.81. The van der Waals surface area contributed by atoms with Crippen LogP contribution in [-0.4, -0.2) is 17.6 Å².